The first kappa shape index (κ1) is 24.3. The second-order valence-corrected chi connectivity index (χ2v) is 8.53. The molecular weight excluding hydrogens is 444 g/mol. The summed E-state index contributed by atoms with van der Waals surface area (Å²) in [6.07, 6.45) is 0.0956. The SMILES string of the molecule is COc1cc(CC(=O)N[C@H](c2ccccc2)c2c(C)cccc2N2CCOCC2)ccc1C(=O)O. The predicted octanol–water partition coefficient (Wildman–Crippen LogP) is 3.99. The molecule has 1 fully saturated rings. The van der Waals surface area contributed by atoms with Crippen LogP contribution in [0.4, 0.5) is 5.69 Å². The molecule has 3 aromatic rings. The molecule has 4 rings (SSSR count). The number of hydrogen-bond donors (Lipinski definition) is 2. The summed E-state index contributed by atoms with van der Waals surface area (Å²) in [5, 5.41) is 12.6. The maximum atomic E-state index is 13.3. The highest BCUT2D eigenvalue weighted by Gasteiger charge is 2.25. The maximum absolute atomic E-state index is 13.3. The Hall–Kier alpha value is -3.84. The van der Waals surface area contributed by atoms with Crippen LogP contribution in [0.1, 0.15) is 38.7 Å². The molecule has 0 bridgehead atoms. The van der Waals surface area contributed by atoms with E-state index in [4.69, 9.17) is 9.47 Å². The van der Waals surface area contributed by atoms with Crippen LogP contribution >= 0.6 is 0 Å². The number of hydrogen-bond acceptors (Lipinski definition) is 5. The van der Waals surface area contributed by atoms with E-state index in [0.29, 0.717) is 18.8 Å². The number of carboxylic acid groups (broad SMARTS) is 1. The number of aryl methyl sites for hydroxylation is 1. The summed E-state index contributed by atoms with van der Waals surface area (Å²) in [6, 6.07) is 20.5. The zero-order valence-electron chi connectivity index (χ0n) is 20.0. The van der Waals surface area contributed by atoms with Gasteiger partial charge in [-0.15, -0.1) is 0 Å². The molecule has 1 atom stereocenters. The lowest BCUT2D eigenvalue weighted by Gasteiger charge is -2.34. The number of carboxylic acids is 1. The van der Waals surface area contributed by atoms with Crippen LogP contribution in [0.15, 0.2) is 66.7 Å². The molecule has 1 aliphatic rings. The van der Waals surface area contributed by atoms with Crippen LogP contribution in [0.5, 0.6) is 5.75 Å². The first-order chi connectivity index (χ1) is 17.0. The number of nitrogens with zero attached hydrogens (tertiary/aromatic N) is 1. The standard InChI is InChI=1S/C28H30N2O5/c1-19-7-6-10-23(30-13-15-35-16-14-30)26(19)27(21-8-4-3-5-9-21)29-25(31)18-20-11-12-22(28(32)33)24(17-20)34-2/h3-12,17,27H,13-16,18H2,1-2H3,(H,29,31)(H,32,33)/t27-/m1/s1. The lowest BCUT2D eigenvalue weighted by molar-refractivity contribution is -0.120. The third-order valence-electron chi connectivity index (χ3n) is 6.24. The highest BCUT2D eigenvalue weighted by atomic mass is 16.5. The zero-order chi connectivity index (χ0) is 24.8. The van der Waals surface area contributed by atoms with Crippen molar-refractivity contribution < 1.29 is 24.2 Å². The van der Waals surface area contributed by atoms with Gasteiger partial charge in [-0.3, -0.25) is 4.79 Å². The van der Waals surface area contributed by atoms with E-state index in [-0.39, 0.29) is 29.7 Å². The van der Waals surface area contributed by atoms with Crippen LogP contribution in [-0.2, 0) is 16.0 Å². The van der Waals surface area contributed by atoms with Gasteiger partial charge in [0.15, 0.2) is 0 Å². The molecule has 7 heteroatoms. The van der Waals surface area contributed by atoms with Gasteiger partial charge in [0.1, 0.15) is 11.3 Å². The number of nitrogens with one attached hydrogen (secondary N) is 1. The van der Waals surface area contributed by atoms with E-state index in [2.05, 4.69) is 29.3 Å². The maximum Gasteiger partial charge on any atom is 0.339 e. The molecule has 2 N–H and O–H groups in total. The van der Waals surface area contributed by atoms with Crippen LogP contribution in [0.3, 0.4) is 0 Å². The molecule has 0 unspecified atom stereocenters. The normalized spacial score (nSPS) is 14.3. The Morgan fingerprint density at radius 3 is 2.49 bits per heavy atom. The van der Waals surface area contributed by atoms with Gasteiger partial charge in [-0.25, -0.2) is 4.79 Å². The van der Waals surface area contributed by atoms with E-state index in [1.807, 2.05) is 36.4 Å². The van der Waals surface area contributed by atoms with Gasteiger partial charge in [-0.1, -0.05) is 48.5 Å². The van der Waals surface area contributed by atoms with E-state index in [1.165, 1.54) is 13.2 Å². The number of amides is 1. The zero-order valence-corrected chi connectivity index (χ0v) is 20.0. The summed E-state index contributed by atoms with van der Waals surface area (Å²) in [5.41, 5.74) is 4.98. The van der Waals surface area contributed by atoms with E-state index in [9.17, 15) is 14.7 Å². The third kappa shape index (κ3) is 5.63. The summed E-state index contributed by atoms with van der Waals surface area (Å²) in [7, 11) is 1.42. The van der Waals surface area contributed by atoms with E-state index >= 15 is 0 Å². The second-order valence-electron chi connectivity index (χ2n) is 8.53. The van der Waals surface area contributed by atoms with Crippen molar-refractivity contribution in [1.29, 1.82) is 0 Å². The number of methoxy groups -OCH3 is 1. The number of aromatic carboxylic acids is 1. The molecule has 3 aromatic carbocycles. The van der Waals surface area contributed by atoms with Crippen molar-refractivity contribution >= 4 is 17.6 Å². The summed E-state index contributed by atoms with van der Waals surface area (Å²) in [4.78, 5) is 27.0. The number of carbonyl (C=O) groups is 2. The predicted molar refractivity (Wildman–Crippen MR) is 134 cm³/mol. The Morgan fingerprint density at radius 2 is 1.80 bits per heavy atom. The van der Waals surface area contributed by atoms with Crippen LogP contribution in [0.2, 0.25) is 0 Å². The van der Waals surface area contributed by atoms with Crippen molar-refractivity contribution in [3.05, 3.63) is 94.5 Å². The van der Waals surface area contributed by atoms with Crippen LogP contribution < -0.4 is 15.0 Å². The second kappa shape index (κ2) is 11.1. The number of benzene rings is 3. The molecule has 0 radical (unpaired) electrons. The fourth-order valence-electron chi connectivity index (χ4n) is 4.51. The fourth-order valence-corrected chi connectivity index (χ4v) is 4.51. The first-order valence-corrected chi connectivity index (χ1v) is 11.6. The summed E-state index contributed by atoms with van der Waals surface area (Å²) < 4.78 is 10.8. The van der Waals surface area contributed by atoms with Crippen LogP contribution in [-0.4, -0.2) is 50.4 Å². The van der Waals surface area contributed by atoms with Crippen molar-refractivity contribution in [2.24, 2.45) is 0 Å². The molecule has 0 aromatic heterocycles. The summed E-state index contributed by atoms with van der Waals surface area (Å²) in [6.45, 7) is 4.99. The fraction of sp³-hybridized carbons (Fsp3) is 0.286. The minimum absolute atomic E-state index is 0.0638. The van der Waals surface area contributed by atoms with Gasteiger partial charge in [0.2, 0.25) is 5.91 Å². The van der Waals surface area contributed by atoms with Crippen molar-refractivity contribution in [3.63, 3.8) is 0 Å². The Morgan fingerprint density at radius 1 is 1.06 bits per heavy atom. The van der Waals surface area contributed by atoms with Crippen LogP contribution in [0.25, 0.3) is 0 Å². The Kier molecular flexibility index (Phi) is 7.67. The van der Waals surface area contributed by atoms with Gasteiger partial charge in [0.05, 0.1) is 32.8 Å². The molecule has 1 saturated heterocycles. The summed E-state index contributed by atoms with van der Waals surface area (Å²) >= 11 is 0. The lowest BCUT2D eigenvalue weighted by Crippen LogP contribution is -2.38. The topological polar surface area (TPSA) is 88.1 Å². The summed E-state index contributed by atoms with van der Waals surface area (Å²) in [5.74, 6) is -1.01. The number of carbonyl (C=O) groups excluding carboxylic acids is 1. The van der Waals surface area contributed by atoms with Gasteiger partial charge in [-0.2, -0.15) is 0 Å². The van der Waals surface area contributed by atoms with Crippen molar-refractivity contribution in [1.82, 2.24) is 5.32 Å². The first-order valence-electron chi connectivity index (χ1n) is 11.6. The molecule has 1 aliphatic heterocycles. The smallest absolute Gasteiger partial charge is 0.339 e. The quantitative estimate of drug-likeness (QED) is 0.513. The van der Waals surface area contributed by atoms with E-state index < -0.39 is 5.97 Å². The van der Waals surface area contributed by atoms with E-state index in [1.54, 1.807) is 12.1 Å². The van der Waals surface area contributed by atoms with Crippen molar-refractivity contribution in [2.75, 3.05) is 38.3 Å². The third-order valence-corrected chi connectivity index (χ3v) is 6.24. The molecule has 1 heterocycles. The average molecular weight is 475 g/mol. The van der Waals surface area contributed by atoms with Gasteiger partial charge < -0.3 is 24.8 Å². The van der Waals surface area contributed by atoms with Gasteiger partial charge in [0.25, 0.3) is 0 Å². The molecular formula is C28H30N2O5. The highest BCUT2D eigenvalue weighted by molar-refractivity contribution is 5.91. The molecule has 182 valence electrons. The molecule has 7 nitrogen and oxygen atoms in total. The van der Waals surface area contributed by atoms with Crippen LogP contribution in [0, 0.1) is 6.92 Å². The molecule has 0 saturated carbocycles. The van der Waals surface area contributed by atoms with Gasteiger partial charge in [-0.05, 0) is 41.8 Å². The average Bonchev–Trinajstić information content (AvgIpc) is 2.88. The molecule has 0 spiro atoms. The molecule has 35 heavy (non-hydrogen) atoms. The minimum atomic E-state index is -1.07. The van der Waals surface area contributed by atoms with Gasteiger partial charge in [0, 0.05) is 24.3 Å². The lowest BCUT2D eigenvalue weighted by atomic mass is 9.92. The monoisotopic (exact) mass is 474 g/mol. The van der Waals surface area contributed by atoms with Gasteiger partial charge >= 0.3 is 5.97 Å². The Balaban J connectivity index is 1.66. The molecule has 1 amide bonds. The highest BCUT2D eigenvalue weighted by Crippen LogP contribution is 2.34. The minimum Gasteiger partial charge on any atom is -0.496 e. The Bertz CT molecular complexity index is 1190. The largest absolute Gasteiger partial charge is 0.496 e. The van der Waals surface area contributed by atoms with E-state index in [0.717, 1.165) is 35.5 Å². The number of rotatable bonds is 8. The van der Waals surface area contributed by atoms with Crippen molar-refractivity contribution in [2.45, 2.75) is 19.4 Å². The number of ether oxygens (including phenoxy) is 2. The van der Waals surface area contributed by atoms with Crippen molar-refractivity contribution in [3.8, 4) is 5.75 Å². The Labute approximate surface area is 205 Å². The molecule has 0 aliphatic carbocycles. The number of anilines is 1. The number of morpholine rings is 1.